The van der Waals surface area contributed by atoms with Crippen molar-refractivity contribution >= 4 is 32.3 Å². The van der Waals surface area contributed by atoms with Crippen molar-refractivity contribution in [1.82, 2.24) is 9.97 Å². The van der Waals surface area contributed by atoms with Crippen molar-refractivity contribution in [3.05, 3.63) is 28.6 Å². The lowest BCUT2D eigenvalue weighted by atomic mass is 10.3. The molecule has 0 atom stereocenters. The molecule has 0 saturated carbocycles. The number of aryl methyl sites for hydroxylation is 1. The van der Waals surface area contributed by atoms with E-state index in [1.54, 1.807) is 12.4 Å². The summed E-state index contributed by atoms with van der Waals surface area (Å²) in [5.41, 5.74) is 7.67. The fourth-order valence-electron chi connectivity index (χ4n) is 1.07. The average molecular weight is 270 g/mol. The van der Waals surface area contributed by atoms with Gasteiger partial charge in [0, 0.05) is 22.4 Å². The second-order valence-electron chi connectivity index (χ2n) is 2.82. The monoisotopic (exact) mass is 269 g/mol. The van der Waals surface area contributed by atoms with Gasteiger partial charge in [0.05, 0.1) is 5.69 Å². The molecule has 72 valence electrons. The molecule has 2 N–H and O–H groups in total. The highest BCUT2D eigenvalue weighted by atomic mass is 79.9. The maximum absolute atomic E-state index is 5.75. The van der Waals surface area contributed by atoms with Gasteiger partial charge in [0.1, 0.15) is 10.0 Å². The predicted molar refractivity (Wildman–Crippen MR) is 62.2 cm³/mol. The molecule has 0 aliphatic carbocycles. The van der Waals surface area contributed by atoms with Gasteiger partial charge in [0.2, 0.25) is 0 Å². The van der Waals surface area contributed by atoms with Crippen LogP contribution < -0.4 is 5.73 Å². The fourth-order valence-corrected chi connectivity index (χ4v) is 2.51. The standard InChI is InChI=1S/C9H8BrN3S/c1-5-8(11)14-9(13-5)6-2-3-12-4-7(6)10/h2-4H,11H2,1H3. The highest BCUT2D eigenvalue weighted by Gasteiger charge is 2.09. The molecule has 0 spiro atoms. The van der Waals surface area contributed by atoms with Gasteiger partial charge in [-0.2, -0.15) is 0 Å². The number of nitrogens with zero attached hydrogens (tertiary/aromatic N) is 2. The van der Waals surface area contributed by atoms with Crippen LogP contribution in [0.15, 0.2) is 22.9 Å². The highest BCUT2D eigenvalue weighted by molar-refractivity contribution is 9.10. The third-order valence-electron chi connectivity index (χ3n) is 1.84. The lowest BCUT2D eigenvalue weighted by Crippen LogP contribution is -1.82. The summed E-state index contributed by atoms with van der Waals surface area (Å²) < 4.78 is 0.939. The summed E-state index contributed by atoms with van der Waals surface area (Å²) in [4.78, 5) is 8.38. The van der Waals surface area contributed by atoms with E-state index in [9.17, 15) is 0 Å². The first-order chi connectivity index (χ1) is 6.68. The Labute approximate surface area is 94.1 Å². The van der Waals surface area contributed by atoms with Crippen LogP contribution in [0, 0.1) is 6.92 Å². The van der Waals surface area contributed by atoms with E-state index < -0.39 is 0 Å². The van der Waals surface area contributed by atoms with Crippen LogP contribution in [0.2, 0.25) is 0 Å². The Morgan fingerprint density at radius 3 is 2.86 bits per heavy atom. The summed E-state index contributed by atoms with van der Waals surface area (Å²) in [6, 6.07) is 1.92. The zero-order valence-electron chi connectivity index (χ0n) is 7.49. The maximum Gasteiger partial charge on any atom is 0.126 e. The van der Waals surface area contributed by atoms with E-state index in [0.29, 0.717) is 0 Å². The van der Waals surface area contributed by atoms with Crippen molar-refractivity contribution in [2.45, 2.75) is 6.92 Å². The zero-order chi connectivity index (χ0) is 10.1. The minimum atomic E-state index is 0.767. The van der Waals surface area contributed by atoms with Crippen molar-refractivity contribution in [2.24, 2.45) is 0 Å². The Morgan fingerprint density at radius 1 is 1.50 bits per heavy atom. The van der Waals surface area contributed by atoms with Crippen LogP contribution >= 0.6 is 27.3 Å². The smallest absolute Gasteiger partial charge is 0.126 e. The SMILES string of the molecule is Cc1nc(-c2ccncc2Br)sc1N. The highest BCUT2D eigenvalue weighted by Crippen LogP contribution is 2.33. The van der Waals surface area contributed by atoms with E-state index in [4.69, 9.17) is 5.73 Å². The minimum absolute atomic E-state index is 0.767. The molecule has 0 amide bonds. The Bertz CT molecular complexity index is 447. The maximum atomic E-state index is 5.75. The molecule has 2 aromatic heterocycles. The summed E-state index contributed by atoms with van der Waals surface area (Å²) in [7, 11) is 0. The third kappa shape index (κ3) is 1.65. The Hall–Kier alpha value is -0.940. The first-order valence-corrected chi connectivity index (χ1v) is 5.62. The quantitative estimate of drug-likeness (QED) is 0.866. The van der Waals surface area contributed by atoms with Crippen molar-refractivity contribution in [2.75, 3.05) is 5.73 Å². The van der Waals surface area contributed by atoms with Gasteiger partial charge in [-0.05, 0) is 28.9 Å². The van der Waals surface area contributed by atoms with Crippen LogP contribution in [0.3, 0.4) is 0 Å². The number of rotatable bonds is 1. The van der Waals surface area contributed by atoms with E-state index in [0.717, 1.165) is 25.7 Å². The molecule has 2 rings (SSSR count). The number of thiazole rings is 1. The first kappa shape index (κ1) is 9.61. The number of nitrogens with two attached hydrogens (primary N) is 1. The molecule has 0 unspecified atom stereocenters. The minimum Gasteiger partial charge on any atom is -0.389 e. The molecule has 0 radical (unpaired) electrons. The average Bonchev–Trinajstić information content (AvgIpc) is 2.48. The number of aromatic nitrogens is 2. The van der Waals surface area contributed by atoms with Gasteiger partial charge >= 0.3 is 0 Å². The lowest BCUT2D eigenvalue weighted by molar-refractivity contribution is 1.25. The van der Waals surface area contributed by atoms with E-state index in [2.05, 4.69) is 25.9 Å². The van der Waals surface area contributed by atoms with Crippen LogP contribution in [-0.4, -0.2) is 9.97 Å². The Morgan fingerprint density at radius 2 is 2.29 bits per heavy atom. The molecule has 0 aliphatic rings. The van der Waals surface area contributed by atoms with Crippen LogP contribution in [-0.2, 0) is 0 Å². The van der Waals surface area contributed by atoms with E-state index in [-0.39, 0.29) is 0 Å². The van der Waals surface area contributed by atoms with Gasteiger partial charge in [-0.25, -0.2) is 4.98 Å². The summed E-state index contributed by atoms with van der Waals surface area (Å²) >= 11 is 4.92. The molecule has 0 saturated heterocycles. The van der Waals surface area contributed by atoms with Gasteiger partial charge in [-0.15, -0.1) is 0 Å². The number of hydrogen-bond acceptors (Lipinski definition) is 4. The van der Waals surface area contributed by atoms with E-state index in [1.807, 2.05) is 13.0 Å². The molecule has 2 aromatic rings. The molecule has 3 nitrogen and oxygen atoms in total. The predicted octanol–water partition coefficient (Wildman–Crippen LogP) is 2.86. The fraction of sp³-hybridized carbons (Fsp3) is 0.111. The molecule has 14 heavy (non-hydrogen) atoms. The van der Waals surface area contributed by atoms with Crippen LogP contribution in [0.4, 0.5) is 5.00 Å². The van der Waals surface area contributed by atoms with Crippen LogP contribution in [0.25, 0.3) is 10.6 Å². The first-order valence-electron chi connectivity index (χ1n) is 4.01. The molecule has 0 aromatic carbocycles. The Balaban J connectivity index is 2.55. The molecule has 2 heterocycles. The summed E-state index contributed by atoms with van der Waals surface area (Å²) in [6.45, 7) is 1.91. The number of nitrogen functional groups attached to an aromatic ring is 1. The number of pyridine rings is 1. The van der Waals surface area contributed by atoms with Crippen molar-refractivity contribution in [3.63, 3.8) is 0 Å². The molecule has 0 aliphatic heterocycles. The van der Waals surface area contributed by atoms with E-state index in [1.165, 1.54) is 11.3 Å². The largest absolute Gasteiger partial charge is 0.389 e. The van der Waals surface area contributed by atoms with Crippen LogP contribution in [0.1, 0.15) is 5.69 Å². The van der Waals surface area contributed by atoms with Gasteiger partial charge in [-0.1, -0.05) is 11.3 Å². The normalized spacial score (nSPS) is 10.4. The second kappa shape index (κ2) is 3.67. The summed E-state index contributed by atoms with van der Waals surface area (Å²) in [5, 5.41) is 1.69. The van der Waals surface area contributed by atoms with Crippen LogP contribution in [0.5, 0.6) is 0 Å². The molecular formula is C9H8BrN3S. The molecule has 0 fully saturated rings. The van der Waals surface area contributed by atoms with Crippen molar-refractivity contribution in [3.8, 4) is 10.6 Å². The molecular weight excluding hydrogens is 262 g/mol. The van der Waals surface area contributed by atoms with Crippen molar-refractivity contribution in [1.29, 1.82) is 0 Å². The topological polar surface area (TPSA) is 51.8 Å². The number of halogens is 1. The van der Waals surface area contributed by atoms with Gasteiger partial charge in [0.15, 0.2) is 0 Å². The van der Waals surface area contributed by atoms with Crippen molar-refractivity contribution < 1.29 is 0 Å². The van der Waals surface area contributed by atoms with Gasteiger partial charge < -0.3 is 5.73 Å². The molecule has 5 heteroatoms. The number of anilines is 1. The van der Waals surface area contributed by atoms with E-state index >= 15 is 0 Å². The Kier molecular flexibility index (Phi) is 2.52. The number of hydrogen-bond donors (Lipinski definition) is 1. The lowest BCUT2D eigenvalue weighted by Gasteiger charge is -1.97. The van der Waals surface area contributed by atoms with Gasteiger partial charge in [0.25, 0.3) is 0 Å². The second-order valence-corrected chi connectivity index (χ2v) is 4.71. The zero-order valence-corrected chi connectivity index (χ0v) is 9.89. The summed E-state index contributed by atoms with van der Waals surface area (Å²) in [5.74, 6) is 0. The van der Waals surface area contributed by atoms with Gasteiger partial charge in [-0.3, -0.25) is 4.98 Å². The summed E-state index contributed by atoms with van der Waals surface area (Å²) in [6.07, 6.45) is 3.50. The third-order valence-corrected chi connectivity index (χ3v) is 3.49. The molecule has 0 bridgehead atoms.